The quantitative estimate of drug-likeness (QED) is 0.623. The molecule has 3 nitrogen and oxygen atoms in total. The Morgan fingerprint density at radius 1 is 1.67 bits per heavy atom. The molecular weight excluding hydrogens is 162 g/mol. The van der Waals surface area contributed by atoms with Gasteiger partial charge in [0.2, 0.25) is 0 Å². The van der Waals surface area contributed by atoms with Crippen LogP contribution in [0.5, 0.6) is 0 Å². The molecule has 1 rings (SSSR count). The van der Waals surface area contributed by atoms with Crippen LogP contribution in [0.25, 0.3) is 0 Å². The Hall–Kier alpha value is -0.480. The van der Waals surface area contributed by atoms with Crippen LogP contribution in [0, 0.1) is 6.07 Å². The second-order valence-corrected chi connectivity index (χ2v) is 3.89. The summed E-state index contributed by atoms with van der Waals surface area (Å²) in [7, 11) is 1.31. The molecule has 0 saturated carbocycles. The van der Waals surface area contributed by atoms with Crippen LogP contribution in [0.1, 0.15) is 0 Å². The van der Waals surface area contributed by atoms with Crippen molar-refractivity contribution in [2.45, 2.75) is 5.03 Å². The molecule has 0 aliphatic carbocycles. The first kappa shape index (κ1) is 6.64. The standard InChI is InChI=1S/C4H3ClNO2S/c5-9(7,8)4-2-1-3-6-4/h1,3,6H. The lowest BCUT2D eigenvalue weighted by atomic mass is 10.7. The molecule has 0 spiro atoms. The summed E-state index contributed by atoms with van der Waals surface area (Å²) in [6.07, 6.45) is 1.44. The number of nitrogens with one attached hydrogen (secondary N) is 1. The number of hydrogen-bond acceptors (Lipinski definition) is 2. The zero-order valence-corrected chi connectivity index (χ0v) is 5.83. The largest absolute Gasteiger partial charge is 0.351 e. The zero-order valence-electron chi connectivity index (χ0n) is 4.26. The van der Waals surface area contributed by atoms with Gasteiger partial charge in [0.05, 0.1) is 0 Å². The highest BCUT2D eigenvalue weighted by atomic mass is 35.7. The van der Waals surface area contributed by atoms with E-state index in [-0.39, 0.29) is 5.03 Å². The maximum atomic E-state index is 10.4. The van der Waals surface area contributed by atoms with E-state index >= 15 is 0 Å². The summed E-state index contributed by atoms with van der Waals surface area (Å²) in [6.45, 7) is 0. The second kappa shape index (κ2) is 2.04. The SMILES string of the molecule is O=S(=O)(Cl)c1[c]cc[nH]1. The Morgan fingerprint density at radius 2 is 2.33 bits per heavy atom. The highest BCUT2D eigenvalue weighted by Crippen LogP contribution is 2.09. The van der Waals surface area contributed by atoms with Gasteiger partial charge >= 0.3 is 0 Å². The van der Waals surface area contributed by atoms with Gasteiger partial charge in [-0.15, -0.1) is 0 Å². The first-order valence-electron chi connectivity index (χ1n) is 2.10. The van der Waals surface area contributed by atoms with E-state index in [4.69, 9.17) is 10.7 Å². The fourth-order valence-corrected chi connectivity index (χ4v) is 1.10. The molecule has 0 aromatic carbocycles. The Labute approximate surface area is 57.1 Å². The van der Waals surface area contributed by atoms with E-state index in [1.54, 1.807) is 0 Å². The van der Waals surface area contributed by atoms with Crippen LogP contribution < -0.4 is 0 Å². The van der Waals surface area contributed by atoms with E-state index in [0.717, 1.165) is 0 Å². The van der Waals surface area contributed by atoms with E-state index in [9.17, 15) is 8.42 Å². The van der Waals surface area contributed by atoms with Crippen LogP contribution in [-0.2, 0) is 9.05 Å². The van der Waals surface area contributed by atoms with E-state index in [2.05, 4.69) is 11.1 Å². The molecule has 0 bridgehead atoms. The molecule has 0 fully saturated rings. The molecule has 0 saturated heterocycles. The molecule has 5 heteroatoms. The van der Waals surface area contributed by atoms with Gasteiger partial charge in [-0.05, 0) is 6.07 Å². The first-order valence-corrected chi connectivity index (χ1v) is 4.41. The number of aromatic amines is 1. The van der Waals surface area contributed by atoms with Crippen molar-refractivity contribution in [3.8, 4) is 0 Å². The Morgan fingerprint density at radius 3 is 2.56 bits per heavy atom. The smallest absolute Gasteiger partial charge is 0.277 e. The summed E-state index contributed by atoms with van der Waals surface area (Å²) in [5.74, 6) is 0. The Balaban J connectivity index is 3.20. The predicted octanol–water partition coefficient (Wildman–Crippen LogP) is 0.742. The van der Waals surface area contributed by atoms with Gasteiger partial charge in [0.25, 0.3) is 9.05 Å². The summed E-state index contributed by atoms with van der Waals surface area (Å²) < 4.78 is 20.8. The number of H-pyrrole nitrogens is 1. The molecule has 49 valence electrons. The van der Waals surface area contributed by atoms with Crippen LogP contribution in [-0.4, -0.2) is 13.4 Å². The minimum absolute atomic E-state index is 0.0934. The predicted molar refractivity (Wildman–Crippen MR) is 32.7 cm³/mol. The van der Waals surface area contributed by atoms with Crippen LogP contribution in [0.4, 0.5) is 0 Å². The van der Waals surface area contributed by atoms with Crippen LogP contribution in [0.15, 0.2) is 17.3 Å². The molecular formula is C4H3ClNO2S. The molecule has 0 aliphatic heterocycles. The first-order chi connectivity index (χ1) is 4.11. The van der Waals surface area contributed by atoms with E-state index in [0.29, 0.717) is 0 Å². The summed E-state index contributed by atoms with van der Waals surface area (Å²) in [5, 5.41) is -0.0934. The maximum Gasteiger partial charge on any atom is 0.277 e. The lowest BCUT2D eigenvalue weighted by Crippen LogP contribution is -1.88. The third-order valence-electron chi connectivity index (χ3n) is 0.756. The summed E-state index contributed by atoms with van der Waals surface area (Å²) in [5.41, 5.74) is 0. The van der Waals surface area contributed by atoms with E-state index in [1.165, 1.54) is 12.3 Å². The molecule has 1 aromatic heterocycles. The van der Waals surface area contributed by atoms with Crippen molar-refractivity contribution in [1.29, 1.82) is 0 Å². The van der Waals surface area contributed by atoms with Gasteiger partial charge in [0.1, 0.15) is 0 Å². The second-order valence-electron chi connectivity index (χ2n) is 1.39. The third-order valence-corrected chi connectivity index (χ3v) is 1.94. The number of hydrogen-bond donors (Lipinski definition) is 1. The monoisotopic (exact) mass is 164 g/mol. The fourth-order valence-electron chi connectivity index (χ4n) is 0.417. The van der Waals surface area contributed by atoms with Crippen LogP contribution >= 0.6 is 10.7 Å². The molecule has 1 heterocycles. The highest BCUT2D eigenvalue weighted by molar-refractivity contribution is 8.13. The van der Waals surface area contributed by atoms with Gasteiger partial charge in [0.15, 0.2) is 5.03 Å². The molecule has 0 aliphatic rings. The maximum absolute atomic E-state index is 10.4. The minimum atomic E-state index is -3.60. The molecule has 1 aromatic rings. The number of aromatic nitrogens is 1. The van der Waals surface area contributed by atoms with E-state index < -0.39 is 9.05 Å². The third kappa shape index (κ3) is 1.46. The van der Waals surface area contributed by atoms with Crippen molar-refractivity contribution < 1.29 is 8.42 Å². The van der Waals surface area contributed by atoms with Crippen molar-refractivity contribution in [1.82, 2.24) is 4.98 Å². The average Bonchev–Trinajstić information content (AvgIpc) is 2.08. The Kier molecular flexibility index (Phi) is 1.50. The molecule has 0 unspecified atom stereocenters. The van der Waals surface area contributed by atoms with Gasteiger partial charge in [0, 0.05) is 22.9 Å². The van der Waals surface area contributed by atoms with Gasteiger partial charge in [-0.1, -0.05) is 0 Å². The molecule has 1 N–H and O–H groups in total. The number of halogens is 1. The van der Waals surface area contributed by atoms with E-state index in [1.807, 2.05) is 0 Å². The highest BCUT2D eigenvalue weighted by Gasteiger charge is 2.08. The lowest BCUT2D eigenvalue weighted by Gasteiger charge is -1.84. The topological polar surface area (TPSA) is 49.9 Å². The van der Waals surface area contributed by atoms with Crippen molar-refractivity contribution in [3.05, 3.63) is 18.3 Å². The van der Waals surface area contributed by atoms with Gasteiger partial charge in [-0.2, -0.15) is 0 Å². The molecule has 0 amide bonds. The van der Waals surface area contributed by atoms with Gasteiger partial charge in [-0.3, -0.25) is 0 Å². The minimum Gasteiger partial charge on any atom is -0.351 e. The van der Waals surface area contributed by atoms with Gasteiger partial charge < -0.3 is 4.98 Å². The number of rotatable bonds is 1. The normalized spacial score (nSPS) is 11.7. The zero-order chi connectivity index (χ0) is 6.91. The van der Waals surface area contributed by atoms with Crippen molar-refractivity contribution >= 4 is 19.7 Å². The van der Waals surface area contributed by atoms with Crippen molar-refractivity contribution in [2.75, 3.05) is 0 Å². The Bertz CT molecular complexity index is 276. The average molecular weight is 165 g/mol. The van der Waals surface area contributed by atoms with Crippen LogP contribution in [0.3, 0.4) is 0 Å². The summed E-state index contributed by atoms with van der Waals surface area (Å²) in [6, 6.07) is 3.84. The lowest BCUT2D eigenvalue weighted by molar-refractivity contribution is 0.606. The van der Waals surface area contributed by atoms with Crippen molar-refractivity contribution in [2.24, 2.45) is 0 Å². The molecule has 0 atom stereocenters. The fraction of sp³-hybridized carbons (Fsp3) is 0. The summed E-state index contributed by atoms with van der Waals surface area (Å²) in [4.78, 5) is 2.40. The van der Waals surface area contributed by atoms with Crippen molar-refractivity contribution in [3.63, 3.8) is 0 Å². The molecule has 1 radical (unpaired) electrons. The summed E-state index contributed by atoms with van der Waals surface area (Å²) >= 11 is 0. The van der Waals surface area contributed by atoms with Gasteiger partial charge in [-0.25, -0.2) is 8.42 Å². The molecule has 9 heavy (non-hydrogen) atoms. The van der Waals surface area contributed by atoms with Crippen LogP contribution in [0.2, 0.25) is 0 Å².